The first kappa shape index (κ1) is 13.6. The van der Waals surface area contributed by atoms with Crippen molar-refractivity contribution in [2.24, 2.45) is 5.73 Å². The lowest BCUT2D eigenvalue weighted by molar-refractivity contribution is -0.384. The third-order valence-electron chi connectivity index (χ3n) is 2.93. The third kappa shape index (κ3) is 3.51. The summed E-state index contributed by atoms with van der Waals surface area (Å²) in [4.78, 5) is 12.5. The van der Waals surface area contributed by atoms with Crippen LogP contribution in [0.4, 0.5) is 5.69 Å². The first-order chi connectivity index (χ1) is 8.10. The number of benzene rings is 1. The lowest BCUT2D eigenvalue weighted by atomic mass is 10.1. The molecule has 0 aliphatic rings. The standard InChI is InChI=1S/C12H19N3O2/c1-3-14(8-7-13)10(2)11-5-4-6-12(9-11)15(16)17/h4-6,9-10H,3,7-8,13H2,1-2H3. The second-order valence-corrected chi connectivity index (χ2v) is 3.95. The van der Waals surface area contributed by atoms with Crippen LogP contribution in [-0.2, 0) is 0 Å². The van der Waals surface area contributed by atoms with E-state index in [9.17, 15) is 10.1 Å². The number of nitro groups is 1. The molecule has 0 radical (unpaired) electrons. The topological polar surface area (TPSA) is 72.4 Å². The highest BCUT2D eigenvalue weighted by atomic mass is 16.6. The molecule has 0 saturated carbocycles. The van der Waals surface area contributed by atoms with Gasteiger partial charge in [0.25, 0.3) is 5.69 Å². The van der Waals surface area contributed by atoms with E-state index >= 15 is 0 Å². The van der Waals surface area contributed by atoms with Crippen LogP contribution in [0.5, 0.6) is 0 Å². The van der Waals surface area contributed by atoms with Crippen LogP contribution in [0, 0.1) is 10.1 Å². The molecule has 94 valence electrons. The van der Waals surface area contributed by atoms with Gasteiger partial charge in [0.1, 0.15) is 0 Å². The van der Waals surface area contributed by atoms with Crippen LogP contribution in [0.1, 0.15) is 25.5 Å². The second-order valence-electron chi connectivity index (χ2n) is 3.95. The zero-order valence-electron chi connectivity index (χ0n) is 10.3. The van der Waals surface area contributed by atoms with E-state index in [1.165, 1.54) is 6.07 Å². The fourth-order valence-corrected chi connectivity index (χ4v) is 1.90. The number of nitro benzene ring substituents is 1. The van der Waals surface area contributed by atoms with E-state index in [4.69, 9.17) is 5.73 Å². The first-order valence-electron chi connectivity index (χ1n) is 5.78. The minimum Gasteiger partial charge on any atom is -0.329 e. The van der Waals surface area contributed by atoms with Gasteiger partial charge in [0.05, 0.1) is 4.92 Å². The summed E-state index contributed by atoms with van der Waals surface area (Å²) in [6.45, 7) is 6.36. The Hall–Kier alpha value is -1.46. The van der Waals surface area contributed by atoms with Crippen molar-refractivity contribution in [2.75, 3.05) is 19.6 Å². The maximum absolute atomic E-state index is 10.7. The molecule has 1 aromatic rings. The van der Waals surface area contributed by atoms with E-state index in [0.29, 0.717) is 6.54 Å². The number of nitrogens with zero attached hydrogens (tertiary/aromatic N) is 2. The average molecular weight is 237 g/mol. The van der Waals surface area contributed by atoms with Crippen LogP contribution in [0.3, 0.4) is 0 Å². The zero-order chi connectivity index (χ0) is 12.8. The summed E-state index contributed by atoms with van der Waals surface area (Å²) in [5.41, 5.74) is 6.64. The summed E-state index contributed by atoms with van der Waals surface area (Å²) in [5, 5.41) is 10.7. The Morgan fingerprint density at radius 2 is 2.24 bits per heavy atom. The van der Waals surface area contributed by atoms with Gasteiger partial charge in [0.15, 0.2) is 0 Å². The molecule has 1 rings (SSSR count). The van der Waals surface area contributed by atoms with Crippen LogP contribution >= 0.6 is 0 Å². The van der Waals surface area contributed by atoms with Crippen molar-refractivity contribution in [3.63, 3.8) is 0 Å². The van der Waals surface area contributed by atoms with Gasteiger partial charge in [-0.05, 0) is 19.0 Å². The quantitative estimate of drug-likeness (QED) is 0.606. The molecule has 17 heavy (non-hydrogen) atoms. The smallest absolute Gasteiger partial charge is 0.269 e. The molecule has 0 spiro atoms. The van der Waals surface area contributed by atoms with E-state index in [0.717, 1.165) is 18.7 Å². The number of non-ortho nitro benzene ring substituents is 1. The first-order valence-corrected chi connectivity index (χ1v) is 5.78. The van der Waals surface area contributed by atoms with Gasteiger partial charge in [-0.2, -0.15) is 0 Å². The molecule has 1 atom stereocenters. The molecule has 0 aromatic heterocycles. The van der Waals surface area contributed by atoms with Gasteiger partial charge < -0.3 is 5.73 Å². The van der Waals surface area contributed by atoms with E-state index in [1.807, 2.05) is 13.0 Å². The summed E-state index contributed by atoms with van der Waals surface area (Å²) in [7, 11) is 0. The maximum Gasteiger partial charge on any atom is 0.269 e. The van der Waals surface area contributed by atoms with Crippen molar-refractivity contribution < 1.29 is 4.92 Å². The molecule has 0 fully saturated rings. The van der Waals surface area contributed by atoms with Gasteiger partial charge >= 0.3 is 0 Å². The Morgan fingerprint density at radius 3 is 2.76 bits per heavy atom. The van der Waals surface area contributed by atoms with E-state index in [1.54, 1.807) is 12.1 Å². The van der Waals surface area contributed by atoms with E-state index < -0.39 is 0 Å². The van der Waals surface area contributed by atoms with Crippen molar-refractivity contribution in [3.8, 4) is 0 Å². The van der Waals surface area contributed by atoms with Crippen LogP contribution in [-0.4, -0.2) is 29.5 Å². The Labute approximate surface area is 101 Å². The molecule has 0 aliphatic heterocycles. The summed E-state index contributed by atoms with van der Waals surface area (Å²) >= 11 is 0. The predicted octanol–water partition coefficient (Wildman–Crippen LogP) is 1.94. The fraction of sp³-hybridized carbons (Fsp3) is 0.500. The van der Waals surface area contributed by atoms with Crippen LogP contribution in [0.25, 0.3) is 0 Å². The lowest BCUT2D eigenvalue weighted by Crippen LogP contribution is -2.31. The summed E-state index contributed by atoms with van der Waals surface area (Å²) in [5.74, 6) is 0. The van der Waals surface area contributed by atoms with Crippen molar-refractivity contribution in [3.05, 3.63) is 39.9 Å². The van der Waals surface area contributed by atoms with E-state index in [2.05, 4.69) is 11.8 Å². The Morgan fingerprint density at radius 1 is 1.53 bits per heavy atom. The Bertz CT molecular complexity index is 382. The fourth-order valence-electron chi connectivity index (χ4n) is 1.90. The van der Waals surface area contributed by atoms with Gasteiger partial charge in [-0.3, -0.25) is 15.0 Å². The molecule has 0 bridgehead atoms. The SMILES string of the molecule is CCN(CCN)C(C)c1cccc([N+](=O)[O-])c1. The number of rotatable bonds is 6. The molecule has 1 aromatic carbocycles. The second kappa shape index (κ2) is 6.32. The number of nitrogens with two attached hydrogens (primary N) is 1. The third-order valence-corrected chi connectivity index (χ3v) is 2.93. The van der Waals surface area contributed by atoms with Crippen molar-refractivity contribution in [1.29, 1.82) is 0 Å². The van der Waals surface area contributed by atoms with Gasteiger partial charge in [0, 0.05) is 31.3 Å². The summed E-state index contributed by atoms with van der Waals surface area (Å²) in [6, 6.07) is 6.92. The molecule has 5 heteroatoms. The molecule has 5 nitrogen and oxygen atoms in total. The van der Waals surface area contributed by atoms with Crippen molar-refractivity contribution in [1.82, 2.24) is 4.90 Å². The zero-order valence-corrected chi connectivity index (χ0v) is 10.3. The predicted molar refractivity (Wildman–Crippen MR) is 67.8 cm³/mol. The monoisotopic (exact) mass is 237 g/mol. The highest BCUT2D eigenvalue weighted by Crippen LogP contribution is 2.23. The van der Waals surface area contributed by atoms with Gasteiger partial charge in [-0.1, -0.05) is 19.1 Å². The minimum absolute atomic E-state index is 0.137. The van der Waals surface area contributed by atoms with E-state index in [-0.39, 0.29) is 16.7 Å². The van der Waals surface area contributed by atoms with Gasteiger partial charge in [-0.15, -0.1) is 0 Å². The average Bonchev–Trinajstić information content (AvgIpc) is 2.35. The van der Waals surface area contributed by atoms with Crippen molar-refractivity contribution in [2.45, 2.75) is 19.9 Å². The number of hydrogen-bond acceptors (Lipinski definition) is 4. The highest BCUT2D eigenvalue weighted by molar-refractivity contribution is 5.35. The molecule has 0 heterocycles. The summed E-state index contributed by atoms with van der Waals surface area (Å²) < 4.78 is 0. The molecule has 1 unspecified atom stereocenters. The van der Waals surface area contributed by atoms with Crippen molar-refractivity contribution >= 4 is 5.69 Å². The normalized spacial score (nSPS) is 12.7. The van der Waals surface area contributed by atoms with Crippen LogP contribution in [0.15, 0.2) is 24.3 Å². The largest absolute Gasteiger partial charge is 0.329 e. The molecule has 2 N–H and O–H groups in total. The minimum atomic E-state index is -0.366. The molecular weight excluding hydrogens is 218 g/mol. The summed E-state index contributed by atoms with van der Waals surface area (Å²) in [6.07, 6.45) is 0. The van der Waals surface area contributed by atoms with Gasteiger partial charge in [-0.25, -0.2) is 0 Å². The number of likely N-dealkylation sites (N-methyl/N-ethyl adjacent to an activating group) is 1. The molecule has 0 aliphatic carbocycles. The molecular formula is C12H19N3O2. The maximum atomic E-state index is 10.7. The number of hydrogen-bond donors (Lipinski definition) is 1. The highest BCUT2D eigenvalue weighted by Gasteiger charge is 2.15. The lowest BCUT2D eigenvalue weighted by Gasteiger charge is -2.27. The molecule has 0 amide bonds. The van der Waals surface area contributed by atoms with Gasteiger partial charge in [0.2, 0.25) is 0 Å². The Kier molecular flexibility index (Phi) is 5.06. The Balaban J connectivity index is 2.90. The molecule has 0 saturated heterocycles. The van der Waals surface area contributed by atoms with Crippen LogP contribution in [0.2, 0.25) is 0 Å². The van der Waals surface area contributed by atoms with Crippen LogP contribution < -0.4 is 5.73 Å².